The topological polar surface area (TPSA) is 102 Å². The third-order valence-corrected chi connectivity index (χ3v) is 7.23. The number of hydrazone groups is 1. The van der Waals surface area contributed by atoms with Gasteiger partial charge >= 0.3 is 0 Å². The van der Waals surface area contributed by atoms with Crippen molar-refractivity contribution in [2.75, 3.05) is 24.3 Å². The fourth-order valence-electron chi connectivity index (χ4n) is 3.29. The number of aryl methyl sites for hydroxylation is 1. The molecule has 0 aliphatic carbocycles. The molecule has 8 nitrogen and oxygen atoms in total. The number of hydrogen-bond acceptors (Lipinski definition) is 8. The van der Waals surface area contributed by atoms with Crippen LogP contribution in [0.1, 0.15) is 18.1 Å². The number of nitrogens with one attached hydrogen (secondary N) is 2. The van der Waals surface area contributed by atoms with Crippen molar-refractivity contribution < 1.29 is 19.1 Å². The third kappa shape index (κ3) is 7.55. The van der Waals surface area contributed by atoms with E-state index in [1.807, 2.05) is 62.4 Å². The summed E-state index contributed by atoms with van der Waals surface area (Å²) in [6.45, 7) is 4.04. The summed E-state index contributed by atoms with van der Waals surface area (Å²) in [5, 5.41) is 6.88. The van der Waals surface area contributed by atoms with Crippen molar-refractivity contribution in [3.05, 3.63) is 77.9 Å². The SMILES string of the molecule is CCOc1cc(/C=N/NC(=O)CSc2nc3ccccc3s2)ccc1OCC(=O)Nc1ccccc1C. The molecule has 0 spiro atoms. The summed E-state index contributed by atoms with van der Waals surface area (Å²) in [4.78, 5) is 29.0. The number of nitrogens with zero attached hydrogens (tertiary/aromatic N) is 2. The molecule has 0 aliphatic rings. The Balaban J connectivity index is 1.28. The molecule has 1 heterocycles. The highest BCUT2D eigenvalue weighted by atomic mass is 32.2. The van der Waals surface area contributed by atoms with Gasteiger partial charge in [0.05, 0.1) is 28.8 Å². The molecule has 0 bridgehead atoms. The van der Waals surface area contributed by atoms with Crippen molar-refractivity contribution in [3.63, 3.8) is 0 Å². The standard InChI is InChI=1S/C27H26N4O4S2/c1-3-34-23-14-19(12-13-22(23)35-16-25(32)29-20-9-5-4-8-18(20)2)15-28-31-26(33)17-36-27-30-21-10-6-7-11-24(21)37-27/h4-15H,3,16-17H2,1-2H3,(H,29,32)(H,31,33)/b28-15+. The molecular weight excluding hydrogens is 508 g/mol. The van der Waals surface area contributed by atoms with Gasteiger partial charge in [0.15, 0.2) is 22.4 Å². The first-order chi connectivity index (χ1) is 18.0. The van der Waals surface area contributed by atoms with Gasteiger partial charge in [-0.25, -0.2) is 10.4 Å². The van der Waals surface area contributed by atoms with Gasteiger partial charge in [-0.1, -0.05) is 42.1 Å². The van der Waals surface area contributed by atoms with Crippen LogP contribution in [-0.4, -0.2) is 42.0 Å². The van der Waals surface area contributed by atoms with Gasteiger partial charge in [-0.15, -0.1) is 11.3 Å². The van der Waals surface area contributed by atoms with E-state index < -0.39 is 0 Å². The van der Waals surface area contributed by atoms with E-state index in [0.717, 1.165) is 25.8 Å². The first-order valence-electron chi connectivity index (χ1n) is 11.6. The van der Waals surface area contributed by atoms with Crippen molar-refractivity contribution in [2.24, 2.45) is 5.10 Å². The van der Waals surface area contributed by atoms with Gasteiger partial charge in [-0.2, -0.15) is 5.10 Å². The van der Waals surface area contributed by atoms with Gasteiger partial charge in [-0.3, -0.25) is 9.59 Å². The third-order valence-electron chi connectivity index (χ3n) is 5.05. The highest BCUT2D eigenvalue weighted by molar-refractivity contribution is 8.01. The summed E-state index contributed by atoms with van der Waals surface area (Å²) in [6, 6.07) is 20.6. The lowest BCUT2D eigenvalue weighted by Crippen LogP contribution is -2.21. The Labute approximate surface area is 223 Å². The molecule has 0 saturated carbocycles. The predicted octanol–water partition coefficient (Wildman–Crippen LogP) is 5.26. The molecule has 2 amide bonds. The van der Waals surface area contributed by atoms with Gasteiger partial charge in [0.25, 0.3) is 11.8 Å². The number of benzene rings is 3. The second-order valence-electron chi connectivity index (χ2n) is 7.82. The fourth-order valence-corrected chi connectivity index (χ4v) is 5.15. The van der Waals surface area contributed by atoms with Crippen LogP contribution in [0.15, 0.2) is 76.2 Å². The summed E-state index contributed by atoms with van der Waals surface area (Å²) in [5.74, 6) is 0.626. The molecule has 2 N–H and O–H groups in total. The van der Waals surface area contributed by atoms with E-state index in [-0.39, 0.29) is 24.2 Å². The summed E-state index contributed by atoms with van der Waals surface area (Å²) in [5.41, 5.74) is 5.88. The first kappa shape index (κ1) is 26.2. The van der Waals surface area contributed by atoms with Crippen LogP contribution in [0, 0.1) is 6.92 Å². The van der Waals surface area contributed by atoms with E-state index in [4.69, 9.17) is 9.47 Å². The fraction of sp³-hybridized carbons (Fsp3) is 0.185. The smallest absolute Gasteiger partial charge is 0.262 e. The average Bonchev–Trinajstić information content (AvgIpc) is 3.32. The van der Waals surface area contributed by atoms with Crippen LogP contribution in [0.25, 0.3) is 10.2 Å². The number of para-hydroxylation sites is 2. The van der Waals surface area contributed by atoms with Crippen LogP contribution >= 0.6 is 23.1 Å². The van der Waals surface area contributed by atoms with Crippen LogP contribution in [0.2, 0.25) is 0 Å². The molecule has 3 aromatic carbocycles. The van der Waals surface area contributed by atoms with Crippen LogP contribution in [0.5, 0.6) is 11.5 Å². The summed E-state index contributed by atoms with van der Waals surface area (Å²) >= 11 is 2.93. The van der Waals surface area contributed by atoms with E-state index in [1.165, 1.54) is 18.0 Å². The van der Waals surface area contributed by atoms with E-state index in [1.54, 1.807) is 29.5 Å². The maximum Gasteiger partial charge on any atom is 0.262 e. The number of anilines is 1. The van der Waals surface area contributed by atoms with Gasteiger partial charge in [0.1, 0.15) is 0 Å². The molecule has 0 fully saturated rings. The summed E-state index contributed by atoms with van der Waals surface area (Å²) in [7, 11) is 0. The van der Waals surface area contributed by atoms with Gasteiger partial charge in [0.2, 0.25) is 0 Å². The van der Waals surface area contributed by atoms with E-state index in [0.29, 0.717) is 23.7 Å². The Morgan fingerprint density at radius 2 is 1.84 bits per heavy atom. The molecule has 0 unspecified atom stereocenters. The number of amides is 2. The summed E-state index contributed by atoms with van der Waals surface area (Å²) < 4.78 is 13.3. The lowest BCUT2D eigenvalue weighted by atomic mass is 10.2. The minimum absolute atomic E-state index is 0.162. The van der Waals surface area contributed by atoms with E-state index in [9.17, 15) is 9.59 Å². The van der Waals surface area contributed by atoms with E-state index in [2.05, 4.69) is 20.8 Å². The second-order valence-corrected chi connectivity index (χ2v) is 10.1. The zero-order valence-electron chi connectivity index (χ0n) is 20.4. The van der Waals surface area contributed by atoms with Crippen molar-refractivity contribution in [2.45, 2.75) is 18.2 Å². The van der Waals surface area contributed by atoms with Crippen LogP contribution in [0.3, 0.4) is 0 Å². The second kappa shape index (κ2) is 12.9. The van der Waals surface area contributed by atoms with Crippen LogP contribution in [-0.2, 0) is 9.59 Å². The largest absolute Gasteiger partial charge is 0.490 e. The Morgan fingerprint density at radius 1 is 1.03 bits per heavy atom. The Bertz CT molecular complexity index is 1390. The molecule has 190 valence electrons. The lowest BCUT2D eigenvalue weighted by Gasteiger charge is -2.13. The Kier molecular flexibility index (Phi) is 9.12. The van der Waals surface area contributed by atoms with Crippen LogP contribution < -0.4 is 20.2 Å². The number of carbonyl (C=O) groups excluding carboxylic acids is 2. The molecule has 0 saturated heterocycles. The number of thioether (sulfide) groups is 1. The molecule has 0 atom stereocenters. The number of rotatable bonds is 11. The monoisotopic (exact) mass is 534 g/mol. The van der Waals surface area contributed by atoms with Gasteiger partial charge in [0, 0.05) is 5.69 Å². The highest BCUT2D eigenvalue weighted by Gasteiger charge is 2.11. The number of ether oxygens (including phenoxy) is 2. The zero-order valence-corrected chi connectivity index (χ0v) is 22.0. The maximum atomic E-state index is 12.3. The number of thiazole rings is 1. The van der Waals surface area contributed by atoms with Gasteiger partial charge < -0.3 is 14.8 Å². The maximum absolute atomic E-state index is 12.3. The molecular formula is C27H26N4O4S2. The molecule has 0 radical (unpaired) electrons. The van der Waals surface area contributed by atoms with Crippen molar-refractivity contribution in [1.82, 2.24) is 10.4 Å². The number of hydrogen-bond donors (Lipinski definition) is 2. The normalized spacial score (nSPS) is 11.0. The minimum atomic E-state index is -0.270. The van der Waals surface area contributed by atoms with Crippen molar-refractivity contribution >= 4 is 57.0 Å². The van der Waals surface area contributed by atoms with E-state index >= 15 is 0 Å². The molecule has 4 aromatic rings. The Morgan fingerprint density at radius 3 is 2.65 bits per heavy atom. The number of carbonyl (C=O) groups is 2. The average molecular weight is 535 g/mol. The molecule has 10 heteroatoms. The van der Waals surface area contributed by atoms with Gasteiger partial charge in [-0.05, 0) is 61.4 Å². The summed E-state index contributed by atoms with van der Waals surface area (Å²) in [6.07, 6.45) is 1.53. The van der Waals surface area contributed by atoms with Crippen LogP contribution in [0.4, 0.5) is 5.69 Å². The first-order valence-corrected chi connectivity index (χ1v) is 13.4. The lowest BCUT2D eigenvalue weighted by molar-refractivity contribution is -0.119. The molecule has 4 rings (SSSR count). The van der Waals surface area contributed by atoms with Crippen molar-refractivity contribution in [3.8, 4) is 11.5 Å². The molecule has 0 aliphatic heterocycles. The Hall–Kier alpha value is -3.89. The zero-order chi connectivity index (χ0) is 26.0. The molecule has 1 aromatic heterocycles. The molecule has 37 heavy (non-hydrogen) atoms. The quantitative estimate of drug-likeness (QED) is 0.155. The minimum Gasteiger partial charge on any atom is -0.490 e. The van der Waals surface area contributed by atoms with Crippen molar-refractivity contribution in [1.29, 1.82) is 0 Å². The highest BCUT2D eigenvalue weighted by Crippen LogP contribution is 2.29. The number of aromatic nitrogens is 1. The predicted molar refractivity (Wildman–Crippen MR) is 149 cm³/mol. The number of fused-ring (bicyclic) bond motifs is 1.